The topological polar surface area (TPSA) is 51.2 Å². The first-order valence-electron chi connectivity index (χ1n) is 6.52. The summed E-state index contributed by atoms with van der Waals surface area (Å²) < 4.78 is 5.54. The van der Waals surface area contributed by atoms with E-state index in [-0.39, 0.29) is 12.5 Å². The SMILES string of the molecule is Cc1ccc(C)c(OCC(=O)NCc2ccccn2)c1. The van der Waals surface area contributed by atoms with Crippen LogP contribution in [-0.4, -0.2) is 17.5 Å². The zero-order valence-electron chi connectivity index (χ0n) is 11.7. The molecule has 104 valence electrons. The summed E-state index contributed by atoms with van der Waals surface area (Å²) in [6, 6.07) is 11.5. The molecule has 0 fully saturated rings. The molecule has 0 atom stereocenters. The van der Waals surface area contributed by atoms with E-state index in [1.165, 1.54) is 0 Å². The molecule has 4 heteroatoms. The third kappa shape index (κ3) is 4.09. The molecule has 1 heterocycles. The fraction of sp³-hybridized carbons (Fsp3) is 0.250. The number of nitrogens with one attached hydrogen (secondary N) is 1. The van der Waals surface area contributed by atoms with Crippen molar-refractivity contribution in [3.8, 4) is 5.75 Å². The van der Waals surface area contributed by atoms with E-state index in [0.717, 1.165) is 22.6 Å². The quantitative estimate of drug-likeness (QED) is 0.907. The van der Waals surface area contributed by atoms with Gasteiger partial charge in [0.05, 0.1) is 12.2 Å². The lowest BCUT2D eigenvalue weighted by Crippen LogP contribution is -2.28. The maximum absolute atomic E-state index is 11.7. The average molecular weight is 270 g/mol. The van der Waals surface area contributed by atoms with Crippen LogP contribution in [0, 0.1) is 13.8 Å². The summed E-state index contributed by atoms with van der Waals surface area (Å²) in [5.41, 5.74) is 2.96. The number of hydrogen-bond donors (Lipinski definition) is 1. The van der Waals surface area contributed by atoms with Gasteiger partial charge in [0.15, 0.2) is 6.61 Å². The van der Waals surface area contributed by atoms with Gasteiger partial charge in [-0.05, 0) is 43.2 Å². The number of benzene rings is 1. The molecule has 0 aliphatic carbocycles. The van der Waals surface area contributed by atoms with Crippen molar-refractivity contribution in [3.05, 3.63) is 59.4 Å². The molecule has 0 radical (unpaired) electrons. The Morgan fingerprint density at radius 1 is 1.25 bits per heavy atom. The summed E-state index contributed by atoms with van der Waals surface area (Å²) in [6.07, 6.45) is 1.70. The molecule has 1 amide bonds. The fourth-order valence-corrected chi connectivity index (χ4v) is 1.75. The Morgan fingerprint density at radius 3 is 2.85 bits per heavy atom. The third-order valence-electron chi connectivity index (χ3n) is 2.90. The minimum atomic E-state index is -0.156. The molecule has 0 aliphatic rings. The number of carbonyl (C=O) groups is 1. The Morgan fingerprint density at radius 2 is 2.10 bits per heavy atom. The summed E-state index contributed by atoms with van der Waals surface area (Å²) in [7, 11) is 0. The monoisotopic (exact) mass is 270 g/mol. The first-order valence-corrected chi connectivity index (χ1v) is 6.52. The van der Waals surface area contributed by atoms with Crippen molar-refractivity contribution >= 4 is 5.91 Å². The highest BCUT2D eigenvalue weighted by Crippen LogP contribution is 2.18. The van der Waals surface area contributed by atoms with Crippen molar-refractivity contribution < 1.29 is 9.53 Å². The molecular formula is C16H18N2O2. The summed E-state index contributed by atoms with van der Waals surface area (Å²) in [6.45, 7) is 4.38. The van der Waals surface area contributed by atoms with E-state index in [1.807, 2.05) is 50.2 Å². The van der Waals surface area contributed by atoms with Crippen LogP contribution in [0.1, 0.15) is 16.8 Å². The molecule has 0 spiro atoms. The largest absolute Gasteiger partial charge is 0.483 e. The maximum Gasteiger partial charge on any atom is 0.258 e. The van der Waals surface area contributed by atoms with Crippen LogP contribution in [0.2, 0.25) is 0 Å². The van der Waals surface area contributed by atoms with Gasteiger partial charge in [-0.3, -0.25) is 9.78 Å². The molecule has 0 unspecified atom stereocenters. The van der Waals surface area contributed by atoms with E-state index < -0.39 is 0 Å². The molecule has 0 aliphatic heterocycles. The van der Waals surface area contributed by atoms with Crippen LogP contribution in [0.3, 0.4) is 0 Å². The van der Waals surface area contributed by atoms with Gasteiger partial charge in [0.25, 0.3) is 5.91 Å². The Bertz CT molecular complexity index is 582. The first-order chi connectivity index (χ1) is 9.65. The van der Waals surface area contributed by atoms with Gasteiger partial charge in [-0.2, -0.15) is 0 Å². The van der Waals surface area contributed by atoms with Crippen LogP contribution in [0.4, 0.5) is 0 Å². The highest BCUT2D eigenvalue weighted by molar-refractivity contribution is 5.77. The lowest BCUT2D eigenvalue weighted by molar-refractivity contribution is -0.123. The second-order valence-electron chi connectivity index (χ2n) is 4.66. The number of amides is 1. The van der Waals surface area contributed by atoms with Gasteiger partial charge >= 0.3 is 0 Å². The Labute approximate surface area is 118 Å². The van der Waals surface area contributed by atoms with Crippen LogP contribution in [0.15, 0.2) is 42.6 Å². The molecule has 1 aromatic carbocycles. The highest BCUT2D eigenvalue weighted by atomic mass is 16.5. The van der Waals surface area contributed by atoms with Crippen LogP contribution in [0.25, 0.3) is 0 Å². The Kier molecular flexibility index (Phi) is 4.71. The van der Waals surface area contributed by atoms with E-state index in [0.29, 0.717) is 6.54 Å². The van der Waals surface area contributed by atoms with Crippen LogP contribution in [0.5, 0.6) is 5.75 Å². The van der Waals surface area contributed by atoms with Crippen molar-refractivity contribution in [2.75, 3.05) is 6.61 Å². The normalized spacial score (nSPS) is 10.1. The van der Waals surface area contributed by atoms with Crippen molar-refractivity contribution in [3.63, 3.8) is 0 Å². The van der Waals surface area contributed by atoms with E-state index in [1.54, 1.807) is 6.20 Å². The summed E-state index contributed by atoms with van der Waals surface area (Å²) in [5.74, 6) is 0.592. The molecular weight excluding hydrogens is 252 g/mol. The Hall–Kier alpha value is -2.36. The molecule has 2 rings (SSSR count). The second kappa shape index (κ2) is 6.70. The number of aromatic nitrogens is 1. The average Bonchev–Trinajstić information content (AvgIpc) is 2.47. The van der Waals surface area contributed by atoms with Gasteiger partial charge in [-0.25, -0.2) is 0 Å². The van der Waals surface area contributed by atoms with Gasteiger partial charge in [-0.1, -0.05) is 18.2 Å². The first kappa shape index (κ1) is 14.1. The van der Waals surface area contributed by atoms with Crippen molar-refractivity contribution in [1.82, 2.24) is 10.3 Å². The molecule has 20 heavy (non-hydrogen) atoms. The van der Waals surface area contributed by atoms with Crippen molar-refractivity contribution in [1.29, 1.82) is 0 Å². The van der Waals surface area contributed by atoms with Crippen molar-refractivity contribution in [2.24, 2.45) is 0 Å². The van der Waals surface area contributed by atoms with Crippen molar-refractivity contribution in [2.45, 2.75) is 20.4 Å². The molecule has 0 saturated heterocycles. The van der Waals surface area contributed by atoms with E-state index in [4.69, 9.17) is 4.74 Å². The minimum Gasteiger partial charge on any atom is -0.483 e. The number of carbonyl (C=O) groups excluding carboxylic acids is 1. The lowest BCUT2D eigenvalue weighted by Gasteiger charge is -2.10. The Balaban J connectivity index is 1.82. The molecule has 1 N–H and O–H groups in total. The maximum atomic E-state index is 11.7. The fourth-order valence-electron chi connectivity index (χ4n) is 1.75. The number of nitrogens with zero attached hydrogens (tertiary/aromatic N) is 1. The highest BCUT2D eigenvalue weighted by Gasteiger charge is 2.05. The van der Waals surface area contributed by atoms with Crippen LogP contribution in [-0.2, 0) is 11.3 Å². The predicted molar refractivity (Wildman–Crippen MR) is 77.5 cm³/mol. The van der Waals surface area contributed by atoms with Crippen LogP contribution < -0.4 is 10.1 Å². The number of rotatable bonds is 5. The molecule has 0 bridgehead atoms. The second-order valence-corrected chi connectivity index (χ2v) is 4.66. The van der Waals surface area contributed by atoms with Gasteiger partial charge < -0.3 is 10.1 Å². The molecule has 1 aromatic heterocycles. The van der Waals surface area contributed by atoms with E-state index in [9.17, 15) is 4.79 Å². The predicted octanol–water partition coefficient (Wildman–Crippen LogP) is 2.39. The number of ether oxygens (including phenoxy) is 1. The third-order valence-corrected chi connectivity index (χ3v) is 2.90. The number of hydrogen-bond acceptors (Lipinski definition) is 3. The molecule has 0 saturated carbocycles. The standard InChI is InChI=1S/C16H18N2O2/c1-12-6-7-13(2)15(9-12)20-11-16(19)18-10-14-5-3-4-8-17-14/h3-9H,10-11H2,1-2H3,(H,18,19). The zero-order valence-corrected chi connectivity index (χ0v) is 11.7. The van der Waals surface area contributed by atoms with Gasteiger partial charge in [0.1, 0.15) is 5.75 Å². The summed E-state index contributed by atoms with van der Waals surface area (Å²) >= 11 is 0. The zero-order chi connectivity index (χ0) is 14.4. The van der Waals surface area contributed by atoms with Gasteiger partial charge in [0.2, 0.25) is 0 Å². The lowest BCUT2D eigenvalue weighted by atomic mass is 10.1. The van der Waals surface area contributed by atoms with Crippen LogP contribution >= 0.6 is 0 Å². The van der Waals surface area contributed by atoms with E-state index >= 15 is 0 Å². The molecule has 4 nitrogen and oxygen atoms in total. The minimum absolute atomic E-state index is 0.0110. The van der Waals surface area contributed by atoms with Gasteiger partial charge in [0, 0.05) is 6.20 Å². The molecule has 2 aromatic rings. The van der Waals surface area contributed by atoms with E-state index in [2.05, 4.69) is 10.3 Å². The number of aryl methyl sites for hydroxylation is 2. The summed E-state index contributed by atoms with van der Waals surface area (Å²) in [5, 5.41) is 2.78. The van der Waals surface area contributed by atoms with Gasteiger partial charge in [-0.15, -0.1) is 0 Å². The number of pyridine rings is 1. The summed E-state index contributed by atoms with van der Waals surface area (Å²) in [4.78, 5) is 15.9. The smallest absolute Gasteiger partial charge is 0.258 e.